The summed E-state index contributed by atoms with van der Waals surface area (Å²) in [4.78, 5) is 16.0. The summed E-state index contributed by atoms with van der Waals surface area (Å²) in [7, 11) is 0. The van der Waals surface area contributed by atoms with Crippen molar-refractivity contribution in [1.82, 2.24) is 19.9 Å². The van der Waals surface area contributed by atoms with Crippen molar-refractivity contribution in [2.24, 2.45) is 0 Å². The molecule has 26 heavy (non-hydrogen) atoms. The van der Waals surface area contributed by atoms with Crippen LogP contribution in [0.2, 0.25) is 0 Å². The quantitative estimate of drug-likeness (QED) is 0.326. The minimum absolute atomic E-state index is 0. The van der Waals surface area contributed by atoms with Crippen LogP contribution in [0.25, 0.3) is 46.4 Å². The Bertz CT molecular complexity index is 996. The SMILES string of the molecule is C1=Cc2cc3ccc(cc4nc(cc5ccc(cc1n2)[nH]5)C=C4)[nH]3.[Cu].[InH3]. The molecule has 2 aliphatic rings. The van der Waals surface area contributed by atoms with Gasteiger partial charge in [-0.05, 0) is 72.8 Å². The van der Waals surface area contributed by atoms with E-state index in [0.29, 0.717) is 0 Å². The predicted molar refractivity (Wildman–Crippen MR) is 109 cm³/mol. The molecule has 5 rings (SSSR count). The molecule has 0 saturated heterocycles. The third-order valence-corrected chi connectivity index (χ3v) is 4.04. The van der Waals surface area contributed by atoms with Crippen LogP contribution >= 0.6 is 0 Å². The zero-order valence-corrected chi connectivity index (χ0v) is 14.1. The number of H-pyrrole nitrogens is 2. The molecule has 8 bridgehead atoms. The van der Waals surface area contributed by atoms with E-state index in [9.17, 15) is 0 Å². The molecule has 3 aromatic rings. The number of hydrogen-bond acceptors (Lipinski definition) is 2. The molecule has 2 aliphatic heterocycles. The van der Waals surface area contributed by atoms with E-state index in [2.05, 4.69) is 44.2 Å². The molecule has 5 heterocycles. The zero-order valence-electron chi connectivity index (χ0n) is 13.1. The van der Waals surface area contributed by atoms with Crippen molar-refractivity contribution < 1.29 is 17.1 Å². The van der Waals surface area contributed by atoms with Crippen LogP contribution in [0.1, 0.15) is 22.8 Å². The van der Waals surface area contributed by atoms with Gasteiger partial charge in [0.25, 0.3) is 0 Å². The molecule has 0 unspecified atom stereocenters. The van der Waals surface area contributed by atoms with Gasteiger partial charge >= 0.3 is 25.8 Å². The van der Waals surface area contributed by atoms with Crippen LogP contribution < -0.4 is 0 Å². The molecule has 0 aromatic carbocycles. The molecule has 0 atom stereocenters. The van der Waals surface area contributed by atoms with E-state index >= 15 is 0 Å². The topological polar surface area (TPSA) is 57.4 Å². The van der Waals surface area contributed by atoms with E-state index in [0.717, 1.165) is 44.8 Å². The van der Waals surface area contributed by atoms with Crippen LogP contribution in [-0.2, 0) is 17.1 Å². The normalized spacial score (nSPS) is 11.7. The molecule has 3 aromatic heterocycles. The van der Waals surface area contributed by atoms with Crippen LogP contribution in [0.5, 0.6) is 0 Å². The van der Waals surface area contributed by atoms with Crippen molar-refractivity contribution in [3.05, 3.63) is 71.3 Å². The average Bonchev–Trinajstić information content (AvgIpc) is 3.32. The Morgan fingerprint density at radius 2 is 0.769 bits per heavy atom. The molecule has 0 fully saturated rings. The first-order chi connectivity index (χ1) is 11.8. The molecule has 6 heteroatoms. The average molecular weight is 492 g/mol. The van der Waals surface area contributed by atoms with Crippen molar-refractivity contribution in [3.63, 3.8) is 0 Å². The van der Waals surface area contributed by atoms with Crippen LogP contribution in [-0.4, -0.2) is 45.8 Å². The number of nitrogens with one attached hydrogen (secondary N) is 2. The van der Waals surface area contributed by atoms with Gasteiger partial charge in [-0.3, -0.25) is 0 Å². The molecule has 4 nitrogen and oxygen atoms in total. The minimum atomic E-state index is 0. The van der Waals surface area contributed by atoms with Gasteiger partial charge in [-0.1, -0.05) is 0 Å². The van der Waals surface area contributed by atoms with Gasteiger partial charge in [0, 0.05) is 39.1 Å². The second kappa shape index (κ2) is 7.70. The third-order valence-electron chi connectivity index (χ3n) is 4.04. The molecular formula is C20H17CuInN4. The van der Waals surface area contributed by atoms with Gasteiger partial charge in [0.2, 0.25) is 0 Å². The number of aromatic nitrogens is 4. The summed E-state index contributed by atoms with van der Waals surface area (Å²) in [5.74, 6) is 0. The van der Waals surface area contributed by atoms with Crippen LogP contribution in [0, 0.1) is 0 Å². The number of hydrogen-bond donors (Lipinski definition) is 2. The number of nitrogens with zero attached hydrogens (tertiary/aromatic N) is 2. The fourth-order valence-corrected chi connectivity index (χ4v) is 2.94. The first-order valence-electron chi connectivity index (χ1n) is 7.85. The summed E-state index contributed by atoms with van der Waals surface area (Å²) in [6.07, 6.45) is 8.09. The Labute approximate surface area is 179 Å². The first kappa shape index (κ1) is 18.8. The number of aromatic amines is 2. The predicted octanol–water partition coefficient (Wildman–Crippen LogP) is 3.47. The number of rotatable bonds is 0. The van der Waals surface area contributed by atoms with E-state index in [1.807, 2.05) is 48.6 Å². The van der Waals surface area contributed by atoms with Gasteiger partial charge in [0.15, 0.2) is 0 Å². The molecule has 0 spiro atoms. The maximum absolute atomic E-state index is 4.63. The molecule has 0 amide bonds. The van der Waals surface area contributed by atoms with Gasteiger partial charge in [-0.2, -0.15) is 0 Å². The molecule has 131 valence electrons. The van der Waals surface area contributed by atoms with Gasteiger partial charge in [-0.25, -0.2) is 9.97 Å². The third kappa shape index (κ3) is 3.88. The Morgan fingerprint density at radius 1 is 0.500 bits per heavy atom. The maximum atomic E-state index is 4.63. The summed E-state index contributed by atoms with van der Waals surface area (Å²) < 4.78 is 0. The molecular weight excluding hydrogens is 475 g/mol. The van der Waals surface area contributed by atoms with E-state index in [1.54, 1.807) is 0 Å². The van der Waals surface area contributed by atoms with Crippen molar-refractivity contribution in [2.45, 2.75) is 0 Å². The van der Waals surface area contributed by atoms with Gasteiger partial charge in [0.1, 0.15) is 0 Å². The van der Waals surface area contributed by atoms with E-state index in [1.165, 1.54) is 0 Å². The van der Waals surface area contributed by atoms with Gasteiger partial charge in [-0.15, -0.1) is 0 Å². The van der Waals surface area contributed by atoms with Gasteiger partial charge in [0.05, 0.1) is 22.8 Å². The van der Waals surface area contributed by atoms with E-state index in [-0.39, 0.29) is 42.9 Å². The second-order valence-corrected chi connectivity index (χ2v) is 5.91. The molecule has 1 radical (unpaired) electrons. The Kier molecular flexibility index (Phi) is 5.56. The van der Waals surface area contributed by atoms with Crippen LogP contribution in [0.15, 0.2) is 48.5 Å². The second-order valence-electron chi connectivity index (χ2n) is 5.91. The van der Waals surface area contributed by atoms with Crippen molar-refractivity contribution in [1.29, 1.82) is 0 Å². The van der Waals surface area contributed by atoms with Crippen molar-refractivity contribution in [3.8, 4) is 0 Å². The first-order valence-corrected chi connectivity index (χ1v) is 7.85. The standard InChI is InChI=1S/C20H14N4.Cu.In.3H/c1-2-14-10-16-5-6-18(23-16)12-20-8-7-19(24-20)11-17-4-3-15(22-17)9-13(1)21-14;;;;;/h1-12,21,24H;;;;;. The Hall–Kier alpha value is -2.01. The molecule has 0 aliphatic carbocycles. The fourth-order valence-electron chi connectivity index (χ4n) is 2.94. The van der Waals surface area contributed by atoms with Crippen LogP contribution in [0.3, 0.4) is 0 Å². The summed E-state index contributed by atoms with van der Waals surface area (Å²) in [6.45, 7) is 0. The van der Waals surface area contributed by atoms with Crippen LogP contribution in [0.4, 0.5) is 0 Å². The Balaban J connectivity index is 0.000000980. The monoisotopic (exact) mass is 491 g/mol. The van der Waals surface area contributed by atoms with Crippen molar-refractivity contribution >= 4 is 72.2 Å². The summed E-state index contributed by atoms with van der Waals surface area (Å²) >= 11 is 0. The van der Waals surface area contributed by atoms with E-state index < -0.39 is 0 Å². The van der Waals surface area contributed by atoms with Crippen molar-refractivity contribution in [2.75, 3.05) is 0 Å². The summed E-state index contributed by atoms with van der Waals surface area (Å²) in [6, 6.07) is 16.4. The summed E-state index contributed by atoms with van der Waals surface area (Å²) in [5, 5.41) is 0. The number of fused-ring (bicyclic) bond motifs is 8. The van der Waals surface area contributed by atoms with Gasteiger partial charge < -0.3 is 9.97 Å². The van der Waals surface area contributed by atoms with E-state index in [4.69, 9.17) is 0 Å². The fraction of sp³-hybridized carbons (Fsp3) is 0. The zero-order chi connectivity index (χ0) is 15.9. The Morgan fingerprint density at radius 3 is 1.04 bits per heavy atom. The molecule has 0 saturated carbocycles. The summed E-state index contributed by atoms with van der Waals surface area (Å²) in [5.41, 5.74) is 7.86. The molecule has 2 N–H and O–H groups in total.